The number of aromatic nitrogens is 4. The number of nitrogens with one attached hydrogen (secondary N) is 1. The summed E-state index contributed by atoms with van der Waals surface area (Å²) in [5.41, 5.74) is 4.02. The normalized spacial score (nSPS) is 10.9. The van der Waals surface area contributed by atoms with Crippen LogP contribution in [0.2, 0.25) is 0 Å². The number of rotatable bonds is 2. The Bertz CT molecular complexity index is 997. The lowest BCUT2D eigenvalue weighted by atomic mass is 10.1. The molecule has 0 fully saturated rings. The van der Waals surface area contributed by atoms with E-state index in [-0.39, 0.29) is 5.91 Å². The van der Waals surface area contributed by atoms with E-state index in [9.17, 15) is 4.79 Å². The van der Waals surface area contributed by atoms with Gasteiger partial charge in [0.15, 0.2) is 0 Å². The fourth-order valence-electron chi connectivity index (χ4n) is 2.23. The molecular formula is C15H9N5OS. The highest BCUT2D eigenvalue weighted by Crippen LogP contribution is 2.19. The summed E-state index contributed by atoms with van der Waals surface area (Å²) in [6.07, 6.45) is 3.26. The van der Waals surface area contributed by atoms with Gasteiger partial charge in [-0.1, -0.05) is 6.07 Å². The summed E-state index contributed by atoms with van der Waals surface area (Å²) in [4.78, 5) is 20.9. The summed E-state index contributed by atoms with van der Waals surface area (Å²) in [6, 6.07) is 10.8. The van der Waals surface area contributed by atoms with E-state index >= 15 is 0 Å². The second kappa shape index (κ2) is 5.12. The van der Waals surface area contributed by atoms with Gasteiger partial charge in [-0.25, -0.2) is 0 Å². The summed E-state index contributed by atoms with van der Waals surface area (Å²) in [6.45, 7) is 0. The van der Waals surface area contributed by atoms with Crippen LogP contribution in [0.25, 0.3) is 22.1 Å². The van der Waals surface area contributed by atoms with Gasteiger partial charge in [-0.3, -0.25) is 14.8 Å². The van der Waals surface area contributed by atoms with E-state index in [1.165, 1.54) is 0 Å². The van der Waals surface area contributed by atoms with Gasteiger partial charge in [0.2, 0.25) is 0 Å². The molecule has 22 heavy (non-hydrogen) atoms. The van der Waals surface area contributed by atoms with Crippen LogP contribution in [-0.4, -0.2) is 24.6 Å². The van der Waals surface area contributed by atoms with Crippen LogP contribution in [0.4, 0.5) is 5.69 Å². The van der Waals surface area contributed by atoms with Crippen molar-refractivity contribution in [1.82, 2.24) is 18.7 Å². The smallest absolute Gasteiger partial charge is 0.257 e. The van der Waals surface area contributed by atoms with Crippen molar-refractivity contribution in [1.29, 1.82) is 0 Å². The highest BCUT2D eigenvalue weighted by Gasteiger charge is 2.13. The number of nitrogens with zero attached hydrogens (tertiary/aromatic N) is 4. The van der Waals surface area contributed by atoms with Crippen LogP contribution in [0, 0.1) is 0 Å². The molecule has 0 spiro atoms. The third kappa shape index (κ3) is 2.17. The molecule has 1 amide bonds. The molecule has 4 aromatic rings. The molecule has 0 aliphatic heterocycles. The van der Waals surface area contributed by atoms with Crippen molar-refractivity contribution in [2.75, 3.05) is 5.32 Å². The molecular weight excluding hydrogens is 298 g/mol. The zero-order valence-corrected chi connectivity index (χ0v) is 12.0. The van der Waals surface area contributed by atoms with Gasteiger partial charge in [-0.15, -0.1) is 0 Å². The van der Waals surface area contributed by atoms with E-state index in [4.69, 9.17) is 0 Å². The van der Waals surface area contributed by atoms with Gasteiger partial charge < -0.3 is 5.32 Å². The minimum atomic E-state index is -0.221. The van der Waals surface area contributed by atoms with E-state index in [2.05, 4.69) is 24.0 Å². The largest absolute Gasteiger partial charge is 0.322 e. The van der Waals surface area contributed by atoms with Gasteiger partial charge in [-0.2, -0.15) is 8.75 Å². The highest BCUT2D eigenvalue weighted by molar-refractivity contribution is 7.00. The predicted octanol–water partition coefficient (Wildman–Crippen LogP) is 2.89. The average molecular weight is 307 g/mol. The molecule has 0 saturated carbocycles. The van der Waals surface area contributed by atoms with Crippen LogP contribution in [0.15, 0.2) is 48.8 Å². The average Bonchev–Trinajstić information content (AvgIpc) is 3.03. The van der Waals surface area contributed by atoms with Crippen molar-refractivity contribution in [3.05, 3.63) is 54.4 Å². The molecule has 4 rings (SSSR count). The van der Waals surface area contributed by atoms with Crippen molar-refractivity contribution in [2.24, 2.45) is 0 Å². The Morgan fingerprint density at radius 2 is 1.82 bits per heavy atom. The minimum Gasteiger partial charge on any atom is -0.322 e. The predicted molar refractivity (Wildman–Crippen MR) is 84.9 cm³/mol. The first kappa shape index (κ1) is 12.8. The van der Waals surface area contributed by atoms with Gasteiger partial charge in [0.05, 0.1) is 28.3 Å². The molecule has 2 aromatic carbocycles. The monoisotopic (exact) mass is 307 g/mol. The molecule has 0 atom stereocenters. The minimum absolute atomic E-state index is 0.221. The zero-order chi connectivity index (χ0) is 14.9. The van der Waals surface area contributed by atoms with Crippen LogP contribution < -0.4 is 5.32 Å². The van der Waals surface area contributed by atoms with E-state index in [1.54, 1.807) is 36.7 Å². The molecule has 106 valence electrons. The van der Waals surface area contributed by atoms with Crippen LogP contribution in [0.3, 0.4) is 0 Å². The van der Waals surface area contributed by atoms with E-state index < -0.39 is 0 Å². The molecule has 7 heteroatoms. The van der Waals surface area contributed by atoms with Crippen LogP contribution in [0.5, 0.6) is 0 Å². The first-order valence-electron chi connectivity index (χ1n) is 6.55. The Balaban J connectivity index is 1.69. The lowest BCUT2D eigenvalue weighted by molar-refractivity contribution is 0.102. The fourth-order valence-corrected chi connectivity index (χ4v) is 2.78. The summed E-state index contributed by atoms with van der Waals surface area (Å²) in [5, 5.41) is 2.86. The number of carbonyl (C=O) groups is 1. The maximum atomic E-state index is 12.5. The van der Waals surface area contributed by atoms with E-state index in [0.29, 0.717) is 16.8 Å². The van der Waals surface area contributed by atoms with Crippen molar-refractivity contribution in [3.63, 3.8) is 0 Å². The second-order valence-corrected chi connectivity index (χ2v) is 5.18. The maximum absolute atomic E-state index is 12.5. The maximum Gasteiger partial charge on any atom is 0.257 e. The summed E-state index contributed by atoms with van der Waals surface area (Å²) >= 11 is 1.09. The molecule has 0 bridgehead atoms. The first-order chi connectivity index (χ1) is 10.8. The number of fused-ring (bicyclic) bond motifs is 2. The van der Waals surface area contributed by atoms with E-state index in [1.807, 2.05) is 12.1 Å². The van der Waals surface area contributed by atoms with E-state index in [0.717, 1.165) is 28.3 Å². The molecule has 2 aromatic heterocycles. The zero-order valence-electron chi connectivity index (χ0n) is 11.2. The summed E-state index contributed by atoms with van der Waals surface area (Å²) in [5.74, 6) is -0.221. The van der Waals surface area contributed by atoms with Gasteiger partial charge >= 0.3 is 0 Å². The first-order valence-corrected chi connectivity index (χ1v) is 7.28. The number of anilines is 1. The number of hydrogen-bond acceptors (Lipinski definition) is 6. The topological polar surface area (TPSA) is 80.7 Å². The Hall–Kier alpha value is -2.93. The summed E-state index contributed by atoms with van der Waals surface area (Å²) < 4.78 is 8.32. The Kier molecular flexibility index (Phi) is 2.97. The molecule has 0 unspecified atom stereocenters. The SMILES string of the molecule is O=C(Nc1ccc2nccnc2c1)c1cccc2nsnc12. The van der Waals surface area contributed by atoms with Gasteiger partial charge in [-0.05, 0) is 30.3 Å². The molecule has 0 aliphatic carbocycles. The lowest BCUT2D eigenvalue weighted by Gasteiger charge is -2.06. The van der Waals surface area contributed by atoms with Crippen molar-refractivity contribution < 1.29 is 4.79 Å². The van der Waals surface area contributed by atoms with Gasteiger partial charge in [0, 0.05) is 18.1 Å². The third-order valence-corrected chi connectivity index (χ3v) is 3.80. The number of benzene rings is 2. The van der Waals surface area contributed by atoms with Crippen LogP contribution >= 0.6 is 11.7 Å². The highest BCUT2D eigenvalue weighted by atomic mass is 32.1. The molecule has 6 nitrogen and oxygen atoms in total. The van der Waals surface area contributed by atoms with Crippen LogP contribution in [-0.2, 0) is 0 Å². The van der Waals surface area contributed by atoms with Crippen molar-refractivity contribution in [3.8, 4) is 0 Å². The Morgan fingerprint density at radius 1 is 0.955 bits per heavy atom. The Morgan fingerprint density at radius 3 is 2.73 bits per heavy atom. The standard InChI is InChI=1S/C15H9N5OS/c21-15(10-2-1-3-12-14(10)20-22-19-12)18-9-4-5-11-13(8-9)17-7-6-16-11/h1-8H,(H,18,21). The molecule has 0 aliphatic rings. The number of amides is 1. The van der Waals surface area contributed by atoms with Crippen molar-refractivity contribution in [2.45, 2.75) is 0 Å². The van der Waals surface area contributed by atoms with Gasteiger partial charge in [0.1, 0.15) is 11.0 Å². The summed E-state index contributed by atoms with van der Waals surface area (Å²) in [7, 11) is 0. The lowest BCUT2D eigenvalue weighted by Crippen LogP contribution is -2.12. The molecule has 0 radical (unpaired) electrons. The molecule has 2 heterocycles. The number of carbonyl (C=O) groups excluding carboxylic acids is 1. The number of hydrogen-bond donors (Lipinski definition) is 1. The van der Waals surface area contributed by atoms with Gasteiger partial charge in [0.25, 0.3) is 5.91 Å². The molecule has 0 saturated heterocycles. The van der Waals surface area contributed by atoms with Crippen molar-refractivity contribution >= 4 is 45.4 Å². The molecule has 1 N–H and O–H groups in total. The van der Waals surface area contributed by atoms with Crippen LogP contribution in [0.1, 0.15) is 10.4 Å². The third-order valence-electron chi connectivity index (χ3n) is 3.26. The fraction of sp³-hybridized carbons (Fsp3) is 0. The second-order valence-electron chi connectivity index (χ2n) is 4.65. The Labute approximate surface area is 129 Å². The quantitative estimate of drug-likeness (QED) is 0.616.